The summed E-state index contributed by atoms with van der Waals surface area (Å²) in [6.07, 6.45) is 0. The molecular weight excluding hydrogens is 340 g/mol. The number of thiophene rings is 1. The van der Waals surface area contributed by atoms with Crippen molar-refractivity contribution in [2.75, 3.05) is 7.11 Å². The van der Waals surface area contributed by atoms with E-state index in [1.54, 1.807) is 17.4 Å². The molecule has 0 saturated heterocycles. The minimum absolute atomic E-state index is 0.338. The van der Waals surface area contributed by atoms with Gasteiger partial charge in [-0.25, -0.2) is 4.79 Å². The van der Waals surface area contributed by atoms with Crippen LogP contribution in [0.5, 0.6) is 0 Å². The van der Waals surface area contributed by atoms with Crippen molar-refractivity contribution in [3.8, 4) is 11.1 Å². The quantitative estimate of drug-likeness (QED) is 0.404. The molecule has 4 heteroatoms. The summed E-state index contributed by atoms with van der Waals surface area (Å²) in [5.74, 6) is -0.338. The lowest BCUT2D eigenvalue weighted by molar-refractivity contribution is 0.0601. The minimum atomic E-state index is -0.338. The van der Waals surface area contributed by atoms with Gasteiger partial charge in [0.15, 0.2) is 0 Å². The lowest BCUT2D eigenvalue weighted by atomic mass is 9.98. The molecule has 0 fully saturated rings. The number of hydrogen-bond acceptors (Lipinski definition) is 3. The molecule has 3 aromatic carbocycles. The van der Waals surface area contributed by atoms with Gasteiger partial charge in [-0.15, -0.1) is 11.3 Å². The summed E-state index contributed by atoms with van der Waals surface area (Å²) < 4.78 is 7.19. The van der Waals surface area contributed by atoms with Crippen LogP contribution in [-0.2, 0) is 4.74 Å². The fraction of sp³-hybridized carbons (Fsp3) is 0.0500. The Morgan fingerprint density at radius 1 is 0.958 bits per heavy atom. The van der Waals surface area contributed by atoms with E-state index in [0.29, 0.717) is 5.56 Å². The molecule has 0 saturated carbocycles. The van der Waals surface area contributed by atoms with E-state index in [-0.39, 0.29) is 5.97 Å². The van der Waals surface area contributed by atoms with Gasteiger partial charge in [-0.1, -0.05) is 54.1 Å². The Hall–Kier alpha value is -2.36. The number of hydrogen-bond donors (Lipinski definition) is 0. The van der Waals surface area contributed by atoms with Gasteiger partial charge in [-0.2, -0.15) is 0 Å². The molecule has 118 valence electrons. The number of esters is 1. The molecule has 0 aliphatic carbocycles. The van der Waals surface area contributed by atoms with Crippen LogP contribution >= 0.6 is 22.9 Å². The Morgan fingerprint density at radius 3 is 2.54 bits per heavy atom. The summed E-state index contributed by atoms with van der Waals surface area (Å²) in [5, 5.41) is 2.90. The Kier molecular flexibility index (Phi) is 3.75. The molecule has 0 bridgehead atoms. The third kappa shape index (κ3) is 2.29. The van der Waals surface area contributed by atoms with Gasteiger partial charge in [0.25, 0.3) is 0 Å². The van der Waals surface area contributed by atoms with Gasteiger partial charge >= 0.3 is 5.97 Å². The zero-order chi connectivity index (χ0) is 16.7. The summed E-state index contributed by atoms with van der Waals surface area (Å²) in [6, 6.07) is 19.6. The molecule has 0 atom stereocenters. The fourth-order valence-corrected chi connectivity index (χ4v) is 4.58. The number of carbonyl (C=O) groups is 1. The molecular formula is C20H13ClO2S. The summed E-state index contributed by atoms with van der Waals surface area (Å²) in [4.78, 5) is 12.1. The lowest BCUT2D eigenvalue weighted by Gasteiger charge is -2.09. The van der Waals surface area contributed by atoms with Crippen LogP contribution in [0.3, 0.4) is 0 Å². The molecule has 0 spiro atoms. The molecule has 0 aliphatic heterocycles. The molecule has 4 rings (SSSR count). The van der Waals surface area contributed by atoms with Crippen LogP contribution in [0.15, 0.2) is 60.7 Å². The summed E-state index contributed by atoms with van der Waals surface area (Å²) in [5.41, 5.74) is 2.41. The third-order valence-electron chi connectivity index (χ3n) is 4.10. The van der Waals surface area contributed by atoms with E-state index in [0.717, 1.165) is 31.6 Å². The highest BCUT2D eigenvalue weighted by Gasteiger charge is 2.18. The molecule has 0 radical (unpaired) electrons. The van der Waals surface area contributed by atoms with Gasteiger partial charge in [0.2, 0.25) is 0 Å². The molecule has 2 nitrogen and oxygen atoms in total. The van der Waals surface area contributed by atoms with Crippen LogP contribution in [0.25, 0.3) is 31.3 Å². The van der Waals surface area contributed by atoms with Crippen LogP contribution < -0.4 is 0 Å². The van der Waals surface area contributed by atoms with Crippen LogP contribution in [-0.4, -0.2) is 13.1 Å². The minimum Gasteiger partial charge on any atom is -0.465 e. The van der Waals surface area contributed by atoms with Crippen molar-refractivity contribution in [3.05, 3.63) is 71.2 Å². The molecule has 0 unspecified atom stereocenters. The maximum Gasteiger partial charge on any atom is 0.338 e. The average molecular weight is 353 g/mol. The first-order valence-electron chi connectivity index (χ1n) is 7.48. The number of methoxy groups -OCH3 is 1. The third-order valence-corrected chi connectivity index (χ3v) is 5.62. The Morgan fingerprint density at radius 2 is 1.71 bits per heavy atom. The van der Waals surface area contributed by atoms with Crippen molar-refractivity contribution in [3.63, 3.8) is 0 Å². The number of benzene rings is 3. The predicted octanol–water partition coefficient (Wildman–Crippen LogP) is 6.16. The number of halogens is 1. The van der Waals surface area contributed by atoms with E-state index in [1.807, 2.05) is 42.5 Å². The second-order valence-corrected chi connectivity index (χ2v) is 6.89. The van der Waals surface area contributed by atoms with Gasteiger partial charge in [-0.3, -0.25) is 0 Å². The molecule has 0 amide bonds. The van der Waals surface area contributed by atoms with E-state index >= 15 is 0 Å². The van der Waals surface area contributed by atoms with Crippen molar-refractivity contribution in [1.29, 1.82) is 0 Å². The van der Waals surface area contributed by atoms with E-state index in [4.69, 9.17) is 16.3 Å². The summed E-state index contributed by atoms with van der Waals surface area (Å²) in [7, 11) is 1.40. The molecule has 4 aromatic rings. The second kappa shape index (κ2) is 5.93. The average Bonchev–Trinajstić information content (AvgIpc) is 3.02. The Bertz CT molecular complexity index is 1080. The lowest BCUT2D eigenvalue weighted by Crippen LogP contribution is -2.03. The van der Waals surface area contributed by atoms with Crippen LogP contribution in [0.1, 0.15) is 10.4 Å². The largest absolute Gasteiger partial charge is 0.465 e. The highest BCUT2D eigenvalue weighted by Crippen LogP contribution is 2.43. The van der Waals surface area contributed by atoms with E-state index in [2.05, 4.69) is 12.1 Å². The maximum atomic E-state index is 12.1. The van der Waals surface area contributed by atoms with E-state index in [1.165, 1.54) is 11.8 Å². The second-order valence-electron chi connectivity index (χ2n) is 5.43. The monoisotopic (exact) mass is 352 g/mol. The zero-order valence-electron chi connectivity index (χ0n) is 12.9. The predicted molar refractivity (Wildman–Crippen MR) is 101 cm³/mol. The topological polar surface area (TPSA) is 26.3 Å². The molecule has 24 heavy (non-hydrogen) atoms. The van der Waals surface area contributed by atoms with Crippen LogP contribution in [0, 0.1) is 0 Å². The molecule has 0 N–H and O–H groups in total. The van der Waals surface area contributed by atoms with Crippen molar-refractivity contribution in [2.24, 2.45) is 0 Å². The van der Waals surface area contributed by atoms with Crippen molar-refractivity contribution >= 4 is 49.1 Å². The van der Waals surface area contributed by atoms with Gasteiger partial charge < -0.3 is 4.74 Å². The normalized spacial score (nSPS) is 11.1. The van der Waals surface area contributed by atoms with Crippen LogP contribution in [0.4, 0.5) is 0 Å². The van der Waals surface area contributed by atoms with Gasteiger partial charge in [0, 0.05) is 30.8 Å². The molecule has 1 heterocycles. The van der Waals surface area contributed by atoms with Crippen molar-refractivity contribution < 1.29 is 9.53 Å². The number of ether oxygens (including phenoxy) is 1. The number of fused-ring (bicyclic) bond motifs is 3. The van der Waals surface area contributed by atoms with E-state index < -0.39 is 0 Å². The van der Waals surface area contributed by atoms with E-state index in [9.17, 15) is 4.79 Å². The number of rotatable bonds is 2. The van der Waals surface area contributed by atoms with Crippen molar-refractivity contribution in [1.82, 2.24) is 0 Å². The Labute approximate surface area is 148 Å². The number of carbonyl (C=O) groups excluding carboxylic acids is 1. The summed E-state index contributed by atoms with van der Waals surface area (Å²) >= 11 is 8.17. The van der Waals surface area contributed by atoms with Gasteiger partial charge in [-0.05, 0) is 23.8 Å². The molecule has 1 aromatic heterocycles. The molecule has 0 aliphatic rings. The first kappa shape index (κ1) is 15.2. The zero-order valence-corrected chi connectivity index (χ0v) is 14.4. The first-order valence-corrected chi connectivity index (χ1v) is 8.67. The van der Waals surface area contributed by atoms with Gasteiger partial charge in [0.1, 0.15) is 0 Å². The SMILES string of the molecule is COC(=O)c1ccccc1-c1ccc(Cl)c2c1sc1ccccc12. The van der Waals surface area contributed by atoms with Crippen LogP contribution in [0.2, 0.25) is 5.02 Å². The standard InChI is InChI=1S/C20H13ClO2S/c1-23-20(22)14-7-3-2-6-12(14)13-10-11-16(21)18-15-8-4-5-9-17(15)24-19(13)18/h2-11H,1H3. The Balaban J connectivity index is 2.09. The highest BCUT2D eigenvalue weighted by molar-refractivity contribution is 7.26. The maximum absolute atomic E-state index is 12.1. The summed E-state index contributed by atoms with van der Waals surface area (Å²) in [6.45, 7) is 0. The first-order chi connectivity index (χ1) is 11.7. The fourth-order valence-electron chi connectivity index (χ4n) is 3.01. The van der Waals surface area contributed by atoms with Crippen molar-refractivity contribution in [2.45, 2.75) is 0 Å². The smallest absolute Gasteiger partial charge is 0.338 e. The van der Waals surface area contributed by atoms with Gasteiger partial charge in [0.05, 0.1) is 12.7 Å². The highest BCUT2D eigenvalue weighted by atomic mass is 35.5.